The van der Waals surface area contributed by atoms with Crippen molar-refractivity contribution in [1.82, 2.24) is 24.7 Å². The van der Waals surface area contributed by atoms with Crippen LogP contribution in [0.25, 0.3) is 22.2 Å². The van der Waals surface area contributed by atoms with Crippen molar-refractivity contribution in [3.63, 3.8) is 0 Å². The summed E-state index contributed by atoms with van der Waals surface area (Å²) in [6, 6.07) is 7.89. The number of alkyl halides is 1. The van der Waals surface area contributed by atoms with Crippen molar-refractivity contribution in [2.45, 2.75) is 32.5 Å². The fourth-order valence-corrected chi connectivity index (χ4v) is 5.93. The molecule has 1 aliphatic rings. The fourth-order valence-electron chi connectivity index (χ4n) is 4.85. The Morgan fingerprint density at radius 1 is 1.16 bits per heavy atom. The number of nitrogens with one attached hydrogen (secondary N) is 1. The molecule has 1 saturated heterocycles. The third-order valence-electron chi connectivity index (χ3n) is 6.75. The van der Waals surface area contributed by atoms with Gasteiger partial charge in [-0.15, -0.1) is 0 Å². The molecule has 12 heteroatoms. The third-order valence-corrected chi connectivity index (χ3v) is 7.78. The molecule has 4 heterocycles. The predicted octanol–water partition coefficient (Wildman–Crippen LogP) is 3.49. The number of benzene rings is 1. The first kappa shape index (κ1) is 26.0. The third kappa shape index (κ3) is 5.32. The largest absolute Gasteiger partial charge is 0.355 e. The van der Waals surface area contributed by atoms with Crippen LogP contribution in [-0.2, 0) is 16.4 Å². The Labute approximate surface area is 221 Å². The average molecular weight is 539 g/mol. The van der Waals surface area contributed by atoms with Crippen molar-refractivity contribution < 1.29 is 12.8 Å². The molecular weight excluding hydrogens is 507 g/mol. The summed E-state index contributed by atoms with van der Waals surface area (Å²) in [6.07, 6.45) is 7.66. The molecule has 4 aromatic rings. The van der Waals surface area contributed by atoms with E-state index in [0.29, 0.717) is 29.6 Å². The van der Waals surface area contributed by atoms with E-state index in [1.54, 1.807) is 24.7 Å². The van der Waals surface area contributed by atoms with E-state index in [1.165, 1.54) is 16.5 Å². The van der Waals surface area contributed by atoms with Gasteiger partial charge in [-0.25, -0.2) is 27.8 Å². The molecule has 10 nitrogen and oxygen atoms in total. The highest BCUT2D eigenvalue weighted by Crippen LogP contribution is 2.38. The molecule has 2 atom stereocenters. The van der Waals surface area contributed by atoms with Crippen molar-refractivity contribution in [2.24, 2.45) is 11.7 Å². The second kappa shape index (κ2) is 10.3. The Morgan fingerprint density at radius 2 is 1.97 bits per heavy atom. The zero-order valence-electron chi connectivity index (χ0n) is 21.5. The molecule has 0 unspecified atom stereocenters. The number of pyridine rings is 1. The average Bonchev–Trinajstić information content (AvgIpc) is 3.34. The van der Waals surface area contributed by atoms with Crippen LogP contribution in [0.2, 0.25) is 0 Å². The molecule has 1 fully saturated rings. The van der Waals surface area contributed by atoms with Crippen molar-refractivity contribution in [2.75, 3.05) is 35.4 Å². The zero-order chi connectivity index (χ0) is 27.0. The summed E-state index contributed by atoms with van der Waals surface area (Å²) in [5, 5.41) is 9.40. The summed E-state index contributed by atoms with van der Waals surface area (Å²) in [7, 11) is -3.10. The summed E-state index contributed by atoms with van der Waals surface area (Å²) in [5.41, 5.74) is 9.20. The summed E-state index contributed by atoms with van der Waals surface area (Å²) < 4.78 is 37.7. The maximum absolute atomic E-state index is 12.6. The number of anilines is 3. The van der Waals surface area contributed by atoms with E-state index in [-0.39, 0.29) is 30.3 Å². The normalized spacial score (nSPS) is 17.7. The number of aryl methyl sites for hydroxylation is 1. The highest BCUT2D eigenvalue weighted by Gasteiger charge is 2.39. The lowest BCUT2D eigenvalue weighted by Gasteiger charge is -2.47. The SMILES string of the molecule is CC(C)c1ccc(N2C[C@H](CS(C)(=O)=O)[C@H]2N)c2cnc(Nc3ccnc(-c4cnn(CCF)c4)n3)cc12. The molecule has 1 aliphatic heterocycles. The smallest absolute Gasteiger partial charge is 0.164 e. The highest BCUT2D eigenvalue weighted by atomic mass is 32.2. The monoisotopic (exact) mass is 538 g/mol. The fraction of sp³-hybridized carbons (Fsp3) is 0.385. The van der Waals surface area contributed by atoms with Gasteiger partial charge in [-0.2, -0.15) is 5.10 Å². The van der Waals surface area contributed by atoms with E-state index in [0.717, 1.165) is 16.5 Å². The van der Waals surface area contributed by atoms with Crippen LogP contribution in [0.1, 0.15) is 25.3 Å². The van der Waals surface area contributed by atoms with Crippen molar-refractivity contribution in [1.29, 1.82) is 0 Å². The van der Waals surface area contributed by atoms with E-state index < -0.39 is 16.5 Å². The number of fused-ring (bicyclic) bond motifs is 1. The number of sulfone groups is 1. The zero-order valence-corrected chi connectivity index (χ0v) is 22.4. The van der Waals surface area contributed by atoms with Gasteiger partial charge in [0.15, 0.2) is 5.82 Å². The van der Waals surface area contributed by atoms with E-state index in [1.807, 2.05) is 23.2 Å². The van der Waals surface area contributed by atoms with Gasteiger partial charge >= 0.3 is 0 Å². The van der Waals surface area contributed by atoms with Crippen LogP contribution in [0.3, 0.4) is 0 Å². The van der Waals surface area contributed by atoms with Crippen LogP contribution in [0, 0.1) is 5.92 Å². The van der Waals surface area contributed by atoms with Crippen LogP contribution >= 0.6 is 0 Å². The van der Waals surface area contributed by atoms with Crippen molar-refractivity contribution >= 4 is 37.9 Å². The minimum Gasteiger partial charge on any atom is -0.355 e. The second-order valence-electron chi connectivity index (χ2n) is 10.0. The lowest BCUT2D eigenvalue weighted by atomic mass is 9.92. The Morgan fingerprint density at radius 3 is 2.68 bits per heavy atom. The van der Waals surface area contributed by atoms with Crippen LogP contribution < -0.4 is 16.0 Å². The maximum Gasteiger partial charge on any atom is 0.164 e. The van der Waals surface area contributed by atoms with Gasteiger partial charge in [-0.3, -0.25) is 4.68 Å². The molecule has 0 saturated carbocycles. The quantitative estimate of drug-likeness (QED) is 0.329. The molecular formula is C26H31FN8O2S. The summed E-state index contributed by atoms with van der Waals surface area (Å²) >= 11 is 0. The van der Waals surface area contributed by atoms with E-state index in [4.69, 9.17) is 5.73 Å². The molecule has 0 aliphatic carbocycles. The molecule has 0 spiro atoms. The molecule has 0 bridgehead atoms. The van der Waals surface area contributed by atoms with E-state index >= 15 is 0 Å². The number of hydrogen-bond donors (Lipinski definition) is 2. The van der Waals surface area contributed by atoms with E-state index in [2.05, 4.69) is 45.3 Å². The number of hydrogen-bond acceptors (Lipinski definition) is 9. The number of nitrogens with zero attached hydrogens (tertiary/aromatic N) is 6. The first-order valence-corrected chi connectivity index (χ1v) is 14.5. The van der Waals surface area contributed by atoms with Gasteiger partial charge in [-0.05, 0) is 35.1 Å². The summed E-state index contributed by atoms with van der Waals surface area (Å²) in [6.45, 7) is 4.54. The van der Waals surface area contributed by atoms with Gasteiger partial charge in [0.25, 0.3) is 0 Å². The minimum atomic E-state index is -3.10. The Hall–Kier alpha value is -3.64. The lowest BCUT2D eigenvalue weighted by molar-refractivity contribution is 0.328. The van der Waals surface area contributed by atoms with Crippen LogP contribution in [0.15, 0.2) is 49.1 Å². The standard InChI is InChI=1S/C26H31FN8O2S/c1-16(2)19-4-5-22(35-14-18(25(35)28)15-38(3,36)37)21-12-30-24(10-20(19)21)32-23-6-8-29-26(33-23)17-11-31-34(13-17)9-7-27/h4-6,8,10-13,16,18,25H,7,9,14-15,28H2,1-3H3,(H,29,30,32,33)/t18-,25+/m1/s1. The summed E-state index contributed by atoms with van der Waals surface area (Å²) in [5.74, 6) is 1.91. The molecule has 38 heavy (non-hydrogen) atoms. The number of nitrogens with two attached hydrogens (primary N) is 1. The highest BCUT2D eigenvalue weighted by molar-refractivity contribution is 7.90. The van der Waals surface area contributed by atoms with Crippen molar-refractivity contribution in [3.8, 4) is 11.4 Å². The molecule has 1 aromatic carbocycles. The molecule has 3 aromatic heterocycles. The predicted molar refractivity (Wildman–Crippen MR) is 147 cm³/mol. The van der Waals surface area contributed by atoms with E-state index in [9.17, 15) is 12.8 Å². The minimum absolute atomic E-state index is 0.0799. The molecule has 5 rings (SSSR count). The van der Waals surface area contributed by atoms with Gasteiger partial charge in [0.2, 0.25) is 0 Å². The van der Waals surface area contributed by atoms with Crippen LogP contribution in [0.4, 0.5) is 21.7 Å². The molecule has 200 valence electrons. The first-order chi connectivity index (χ1) is 18.1. The topological polar surface area (TPSA) is 132 Å². The molecule has 0 amide bonds. The Balaban J connectivity index is 1.43. The number of aromatic nitrogens is 5. The van der Waals surface area contributed by atoms with Crippen LogP contribution in [0.5, 0.6) is 0 Å². The van der Waals surface area contributed by atoms with Crippen LogP contribution in [-0.4, -0.2) is 64.5 Å². The van der Waals surface area contributed by atoms with Gasteiger partial charge in [0.05, 0.1) is 30.2 Å². The number of halogens is 1. The Bertz CT molecular complexity index is 1570. The van der Waals surface area contributed by atoms with Gasteiger partial charge < -0.3 is 16.0 Å². The number of rotatable bonds is 9. The first-order valence-electron chi connectivity index (χ1n) is 12.4. The van der Waals surface area contributed by atoms with Crippen molar-refractivity contribution in [3.05, 3.63) is 54.6 Å². The van der Waals surface area contributed by atoms with Gasteiger partial charge in [0.1, 0.15) is 28.1 Å². The lowest BCUT2D eigenvalue weighted by Crippen LogP contribution is -2.63. The molecule has 3 N–H and O–H groups in total. The maximum atomic E-state index is 12.6. The van der Waals surface area contributed by atoms with Gasteiger partial charge in [-0.1, -0.05) is 19.9 Å². The second-order valence-corrected chi connectivity index (χ2v) is 12.2. The molecule has 0 radical (unpaired) electrons. The Kier molecular flexibility index (Phi) is 7.01. The van der Waals surface area contributed by atoms with Gasteiger partial charge in [0, 0.05) is 48.4 Å². The summed E-state index contributed by atoms with van der Waals surface area (Å²) in [4.78, 5) is 15.6.